The number of nitrogens with two attached hydrogens (primary N) is 1. The van der Waals surface area contributed by atoms with Crippen molar-refractivity contribution in [3.63, 3.8) is 0 Å². The summed E-state index contributed by atoms with van der Waals surface area (Å²) in [5, 5.41) is 2.88. The number of carbonyl (C=O) groups excluding carboxylic acids is 1. The van der Waals surface area contributed by atoms with Gasteiger partial charge in [0.2, 0.25) is 0 Å². The fourth-order valence-corrected chi connectivity index (χ4v) is 1.77. The van der Waals surface area contributed by atoms with Crippen LogP contribution in [0.15, 0.2) is 42.5 Å². The molecule has 0 atom stereocenters. The largest absolute Gasteiger partial charge is 0.398 e. The number of nitrogens with one attached hydrogen (secondary N) is 1. The van der Waals surface area contributed by atoms with Crippen molar-refractivity contribution in [3.8, 4) is 0 Å². The van der Waals surface area contributed by atoms with Crippen LogP contribution in [-0.2, 0) is 0 Å². The maximum atomic E-state index is 12.1. The Morgan fingerprint density at radius 3 is 2.56 bits per heavy atom. The van der Waals surface area contributed by atoms with Gasteiger partial charge in [-0.1, -0.05) is 29.8 Å². The van der Waals surface area contributed by atoms with Crippen LogP contribution in [0, 0.1) is 13.8 Å². The van der Waals surface area contributed by atoms with Gasteiger partial charge in [0, 0.05) is 11.4 Å². The van der Waals surface area contributed by atoms with Gasteiger partial charge >= 0.3 is 0 Å². The van der Waals surface area contributed by atoms with E-state index in [4.69, 9.17) is 5.73 Å². The average Bonchev–Trinajstić information content (AvgIpc) is 2.35. The Morgan fingerprint density at radius 2 is 1.83 bits per heavy atom. The van der Waals surface area contributed by atoms with E-state index in [1.807, 2.05) is 44.2 Å². The molecule has 0 radical (unpaired) electrons. The first kappa shape index (κ1) is 12.2. The van der Waals surface area contributed by atoms with Crippen LogP contribution < -0.4 is 11.1 Å². The zero-order valence-electron chi connectivity index (χ0n) is 10.5. The van der Waals surface area contributed by atoms with Crippen molar-refractivity contribution in [2.45, 2.75) is 13.8 Å². The van der Waals surface area contributed by atoms with Gasteiger partial charge in [0.1, 0.15) is 0 Å². The lowest BCUT2D eigenvalue weighted by Gasteiger charge is -2.10. The van der Waals surface area contributed by atoms with Crippen molar-refractivity contribution < 1.29 is 4.79 Å². The molecule has 0 fully saturated rings. The highest BCUT2D eigenvalue weighted by molar-refractivity contribution is 6.08. The summed E-state index contributed by atoms with van der Waals surface area (Å²) >= 11 is 0. The average molecular weight is 240 g/mol. The summed E-state index contributed by atoms with van der Waals surface area (Å²) in [5.41, 5.74) is 9.67. The number of hydrogen-bond acceptors (Lipinski definition) is 2. The van der Waals surface area contributed by atoms with Crippen molar-refractivity contribution in [1.82, 2.24) is 0 Å². The number of hydrogen-bond donors (Lipinski definition) is 2. The zero-order chi connectivity index (χ0) is 13.1. The van der Waals surface area contributed by atoms with Gasteiger partial charge in [0.05, 0.1) is 5.56 Å². The molecule has 0 spiro atoms. The molecule has 3 nitrogen and oxygen atoms in total. The molecule has 0 bridgehead atoms. The summed E-state index contributed by atoms with van der Waals surface area (Å²) in [6.45, 7) is 3.89. The van der Waals surface area contributed by atoms with Gasteiger partial charge in [-0.3, -0.25) is 4.79 Å². The number of rotatable bonds is 2. The van der Waals surface area contributed by atoms with E-state index in [2.05, 4.69) is 5.32 Å². The number of amides is 1. The van der Waals surface area contributed by atoms with Crippen LogP contribution in [0.2, 0.25) is 0 Å². The Balaban J connectivity index is 2.28. The standard InChI is InChI=1S/C15H16N2O/c1-10-7-8-13(16)12(9-10)15(18)17-14-6-4-3-5-11(14)2/h3-9H,16H2,1-2H3,(H,17,18). The molecule has 3 heteroatoms. The van der Waals surface area contributed by atoms with E-state index in [1.165, 1.54) is 0 Å². The van der Waals surface area contributed by atoms with Crippen molar-refractivity contribution in [1.29, 1.82) is 0 Å². The summed E-state index contributed by atoms with van der Waals surface area (Å²) in [4.78, 5) is 12.1. The molecule has 2 aromatic carbocycles. The first-order valence-corrected chi connectivity index (χ1v) is 5.81. The highest BCUT2D eigenvalue weighted by Gasteiger charge is 2.10. The van der Waals surface area contributed by atoms with E-state index in [1.54, 1.807) is 12.1 Å². The molecule has 2 rings (SSSR count). The molecule has 0 unspecified atom stereocenters. The van der Waals surface area contributed by atoms with Gasteiger partial charge in [0.25, 0.3) is 5.91 Å². The SMILES string of the molecule is Cc1ccc(N)c(C(=O)Nc2ccccc2C)c1. The number of benzene rings is 2. The Kier molecular flexibility index (Phi) is 3.33. The van der Waals surface area contributed by atoms with Gasteiger partial charge in [-0.15, -0.1) is 0 Å². The van der Waals surface area contributed by atoms with E-state index in [0.717, 1.165) is 16.8 Å². The molecule has 0 aromatic heterocycles. The number of para-hydroxylation sites is 1. The molecular formula is C15H16N2O. The van der Waals surface area contributed by atoms with Crippen LogP contribution in [0.3, 0.4) is 0 Å². The number of carbonyl (C=O) groups is 1. The minimum Gasteiger partial charge on any atom is -0.398 e. The molecule has 2 aromatic rings. The second-order valence-electron chi connectivity index (χ2n) is 4.36. The number of anilines is 2. The van der Waals surface area contributed by atoms with Gasteiger partial charge in [0.15, 0.2) is 0 Å². The van der Waals surface area contributed by atoms with E-state index < -0.39 is 0 Å². The fourth-order valence-electron chi connectivity index (χ4n) is 1.77. The molecule has 0 aliphatic rings. The summed E-state index contributed by atoms with van der Waals surface area (Å²) in [6, 6.07) is 13.1. The Hall–Kier alpha value is -2.29. The first-order valence-electron chi connectivity index (χ1n) is 5.81. The topological polar surface area (TPSA) is 55.1 Å². The molecule has 0 aliphatic carbocycles. The summed E-state index contributed by atoms with van der Waals surface area (Å²) in [7, 11) is 0. The van der Waals surface area contributed by atoms with Gasteiger partial charge in [-0.25, -0.2) is 0 Å². The maximum absolute atomic E-state index is 12.1. The highest BCUT2D eigenvalue weighted by atomic mass is 16.1. The molecule has 1 amide bonds. The number of aryl methyl sites for hydroxylation is 2. The third kappa shape index (κ3) is 2.51. The second kappa shape index (κ2) is 4.92. The van der Waals surface area contributed by atoms with Crippen LogP contribution in [0.1, 0.15) is 21.5 Å². The summed E-state index contributed by atoms with van der Waals surface area (Å²) < 4.78 is 0. The van der Waals surface area contributed by atoms with Gasteiger partial charge in [-0.2, -0.15) is 0 Å². The maximum Gasteiger partial charge on any atom is 0.257 e. The fraction of sp³-hybridized carbons (Fsp3) is 0.133. The zero-order valence-corrected chi connectivity index (χ0v) is 10.5. The molecule has 92 valence electrons. The molecule has 3 N–H and O–H groups in total. The van der Waals surface area contributed by atoms with E-state index in [0.29, 0.717) is 11.3 Å². The molecule has 0 saturated heterocycles. The first-order chi connectivity index (χ1) is 8.58. The van der Waals surface area contributed by atoms with E-state index >= 15 is 0 Å². The highest BCUT2D eigenvalue weighted by Crippen LogP contribution is 2.18. The molecule has 0 aliphatic heterocycles. The van der Waals surface area contributed by atoms with Crippen LogP contribution >= 0.6 is 0 Å². The molecular weight excluding hydrogens is 224 g/mol. The summed E-state index contributed by atoms with van der Waals surface area (Å²) in [5.74, 6) is -0.175. The normalized spacial score (nSPS) is 10.1. The lowest BCUT2D eigenvalue weighted by molar-refractivity contribution is 0.102. The van der Waals surface area contributed by atoms with Crippen LogP contribution in [0.5, 0.6) is 0 Å². The van der Waals surface area contributed by atoms with E-state index in [9.17, 15) is 4.79 Å². The van der Waals surface area contributed by atoms with Crippen molar-refractivity contribution >= 4 is 17.3 Å². The van der Waals surface area contributed by atoms with Crippen LogP contribution in [-0.4, -0.2) is 5.91 Å². The minimum atomic E-state index is -0.175. The lowest BCUT2D eigenvalue weighted by atomic mass is 10.1. The second-order valence-corrected chi connectivity index (χ2v) is 4.36. The molecule has 18 heavy (non-hydrogen) atoms. The predicted octanol–water partition coefficient (Wildman–Crippen LogP) is 3.14. The third-order valence-corrected chi connectivity index (χ3v) is 2.85. The Morgan fingerprint density at radius 1 is 1.11 bits per heavy atom. The lowest BCUT2D eigenvalue weighted by Crippen LogP contribution is -2.14. The van der Waals surface area contributed by atoms with Gasteiger partial charge < -0.3 is 11.1 Å². The van der Waals surface area contributed by atoms with Crippen LogP contribution in [0.4, 0.5) is 11.4 Å². The Labute approximate surface area is 107 Å². The van der Waals surface area contributed by atoms with Crippen molar-refractivity contribution in [2.24, 2.45) is 0 Å². The molecule has 0 heterocycles. The summed E-state index contributed by atoms with van der Waals surface area (Å²) in [6.07, 6.45) is 0. The van der Waals surface area contributed by atoms with Gasteiger partial charge in [-0.05, 0) is 37.6 Å². The third-order valence-electron chi connectivity index (χ3n) is 2.85. The van der Waals surface area contributed by atoms with Crippen molar-refractivity contribution in [2.75, 3.05) is 11.1 Å². The predicted molar refractivity (Wildman–Crippen MR) is 74.7 cm³/mol. The molecule has 0 saturated carbocycles. The Bertz CT molecular complexity index is 591. The quantitative estimate of drug-likeness (QED) is 0.792. The smallest absolute Gasteiger partial charge is 0.257 e. The monoisotopic (exact) mass is 240 g/mol. The minimum absolute atomic E-state index is 0.175. The number of nitrogen functional groups attached to an aromatic ring is 1. The van der Waals surface area contributed by atoms with Crippen LogP contribution in [0.25, 0.3) is 0 Å². The van der Waals surface area contributed by atoms with Crippen molar-refractivity contribution in [3.05, 3.63) is 59.2 Å². The van der Waals surface area contributed by atoms with E-state index in [-0.39, 0.29) is 5.91 Å².